The SMILES string of the molecule is CCOC(=O)[C@@H](CNCc1ccc(OC)cc1)[C@H](C)O[Si](C)(C)C(C)(C)C. The summed E-state index contributed by atoms with van der Waals surface area (Å²) in [6, 6.07) is 7.90. The molecule has 0 saturated carbocycles. The number of carbonyl (C=O) groups is 1. The maximum Gasteiger partial charge on any atom is 0.312 e. The summed E-state index contributed by atoms with van der Waals surface area (Å²) in [5.74, 6) is 0.294. The van der Waals surface area contributed by atoms with Gasteiger partial charge in [0.05, 0.1) is 25.7 Å². The van der Waals surface area contributed by atoms with Crippen LogP contribution in [0.25, 0.3) is 0 Å². The summed E-state index contributed by atoms with van der Waals surface area (Å²) in [5.41, 5.74) is 1.14. The first-order valence-electron chi connectivity index (χ1n) is 9.70. The molecule has 154 valence electrons. The number of hydrogen-bond acceptors (Lipinski definition) is 5. The number of nitrogens with one attached hydrogen (secondary N) is 1. The second-order valence-corrected chi connectivity index (χ2v) is 13.2. The molecule has 0 amide bonds. The zero-order valence-corrected chi connectivity index (χ0v) is 19.2. The van der Waals surface area contributed by atoms with E-state index in [9.17, 15) is 4.79 Å². The van der Waals surface area contributed by atoms with Crippen molar-refractivity contribution in [3.05, 3.63) is 29.8 Å². The molecule has 1 aromatic carbocycles. The topological polar surface area (TPSA) is 56.8 Å². The molecular formula is C21H37NO4Si. The van der Waals surface area contributed by atoms with Crippen molar-refractivity contribution in [2.45, 2.75) is 65.4 Å². The normalized spacial score (nSPS) is 14.5. The molecule has 0 aromatic heterocycles. The number of esters is 1. The van der Waals surface area contributed by atoms with Crippen molar-refractivity contribution in [1.82, 2.24) is 5.32 Å². The van der Waals surface area contributed by atoms with Gasteiger partial charge < -0.3 is 19.2 Å². The summed E-state index contributed by atoms with van der Waals surface area (Å²) in [5, 5.41) is 3.47. The van der Waals surface area contributed by atoms with Crippen LogP contribution >= 0.6 is 0 Å². The minimum Gasteiger partial charge on any atom is -0.497 e. The summed E-state index contributed by atoms with van der Waals surface area (Å²) in [7, 11) is -0.309. The summed E-state index contributed by atoms with van der Waals surface area (Å²) in [6.45, 7) is 16.4. The Labute approximate surface area is 165 Å². The Hall–Kier alpha value is -1.37. The molecule has 1 N–H and O–H groups in total. The van der Waals surface area contributed by atoms with E-state index in [1.165, 1.54) is 0 Å². The molecule has 0 heterocycles. The summed E-state index contributed by atoms with van der Waals surface area (Å²) in [6.07, 6.45) is -0.201. The fourth-order valence-electron chi connectivity index (χ4n) is 2.53. The molecular weight excluding hydrogens is 358 g/mol. The van der Waals surface area contributed by atoms with Crippen molar-refractivity contribution in [1.29, 1.82) is 0 Å². The fourth-order valence-corrected chi connectivity index (χ4v) is 3.98. The minimum absolute atomic E-state index is 0.0942. The molecule has 0 aliphatic carbocycles. The van der Waals surface area contributed by atoms with E-state index in [4.69, 9.17) is 13.9 Å². The second kappa shape index (κ2) is 10.2. The van der Waals surface area contributed by atoms with Crippen LogP contribution in [-0.4, -0.2) is 40.7 Å². The smallest absolute Gasteiger partial charge is 0.312 e. The number of carbonyl (C=O) groups excluding carboxylic acids is 1. The molecule has 0 radical (unpaired) electrons. The van der Waals surface area contributed by atoms with Crippen molar-refractivity contribution in [2.24, 2.45) is 5.92 Å². The van der Waals surface area contributed by atoms with Crippen LogP contribution in [0.4, 0.5) is 0 Å². The summed E-state index contributed by atoms with van der Waals surface area (Å²) < 4.78 is 16.9. The third-order valence-electron chi connectivity index (χ3n) is 5.30. The van der Waals surface area contributed by atoms with Crippen molar-refractivity contribution in [2.75, 3.05) is 20.3 Å². The van der Waals surface area contributed by atoms with Crippen molar-refractivity contribution in [3.63, 3.8) is 0 Å². The first-order chi connectivity index (χ1) is 12.5. The highest BCUT2D eigenvalue weighted by Gasteiger charge is 2.41. The number of hydrogen-bond donors (Lipinski definition) is 1. The number of ether oxygens (including phenoxy) is 2. The highest BCUT2D eigenvalue weighted by molar-refractivity contribution is 6.74. The van der Waals surface area contributed by atoms with E-state index >= 15 is 0 Å². The molecule has 0 fully saturated rings. The van der Waals surface area contributed by atoms with Crippen LogP contribution in [0.2, 0.25) is 18.1 Å². The fraction of sp³-hybridized carbons (Fsp3) is 0.667. The van der Waals surface area contributed by atoms with Crippen LogP contribution in [0, 0.1) is 5.92 Å². The van der Waals surface area contributed by atoms with E-state index < -0.39 is 8.32 Å². The number of methoxy groups -OCH3 is 1. The molecule has 1 rings (SSSR count). The van der Waals surface area contributed by atoms with Gasteiger partial charge in [0.15, 0.2) is 8.32 Å². The standard InChI is InChI=1S/C21H37NO4Si/c1-9-25-20(23)19(16(2)26-27(7,8)21(3,4)5)15-22-14-17-10-12-18(24-6)13-11-17/h10-13,16,19,22H,9,14-15H2,1-8H3/t16-,19-/m0/s1. The lowest BCUT2D eigenvalue weighted by atomic mass is 10.0. The predicted octanol–water partition coefficient (Wildman–Crippen LogP) is 4.37. The van der Waals surface area contributed by atoms with Gasteiger partial charge in [0.1, 0.15) is 5.75 Å². The zero-order chi connectivity index (χ0) is 20.7. The number of rotatable bonds is 10. The monoisotopic (exact) mass is 395 g/mol. The third kappa shape index (κ3) is 7.28. The largest absolute Gasteiger partial charge is 0.497 e. The molecule has 5 nitrogen and oxygen atoms in total. The van der Waals surface area contributed by atoms with E-state index in [-0.39, 0.29) is 23.0 Å². The van der Waals surface area contributed by atoms with Crippen LogP contribution in [0.15, 0.2) is 24.3 Å². The molecule has 0 unspecified atom stereocenters. The van der Waals surface area contributed by atoms with Gasteiger partial charge >= 0.3 is 5.97 Å². The molecule has 0 bridgehead atoms. The Morgan fingerprint density at radius 2 is 1.78 bits per heavy atom. The van der Waals surface area contributed by atoms with Crippen LogP contribution in [-0.2, 0) is 20.5 Å². The Morgan fingerprint density at radius 1 is 1.19 bits per heavy atom. The van der Waals surface area contributed by atoms with E-state index in [1.807, 2.05) is 38.1 Å². The highest BCUT2D eigenvalue weighted by Crippen LogP contribution is 2.38. The molecule has 0 aliphatic heterocycles. The van der Waals surface area contributed by atoms with Gasteiger partial charge in [-0.1, -0.05) is 32.9 Å². The van der Waals surface area contributed by atoms with E-state index in [0.29, 0.717) is 19.7 Å². The highest BCUT2D eigenvalue weighted by atomic mass is 28.4. The molecule has 0 saturated heterocycles. The lowest BCUT2D eigenvalue weighted by Gasteiger charge is -2.40. The molecule has 0 spiro atoms. The van der Waals surface area contributed by atoms with Gasteiger partial charge in [0.25, 0.3) is 0 Å². The molecule has 0 aliphatic rings. The first-order valence-corrected chi connectivity index (χ1v) is 12.6. The van der Waals surface area contributed by atoms with Crippen LogP contribution in [0.1, 0.15) is 40.2 Å². The molecule has 1 aromatic rings. The molecule has 2 atom stereocenters. The van der Waals surface area contributed by atoms with Crippen LogP contribution in [0.3, 0.4) is 0 Å². The average Bonchev–Trinajstić information content (AvgIpc) is 2.57. The molecule has 6 heteroatoms. The van der Waals surface area contributed by atoms with E-state index in [0.717, 1.165) is 11.3 Å². The third-order valence-corrected chi connectivity index (χ3v) is 9.87. The van der Waals surface area contributed by atoms with Gasteiger partial charge in [-0.05, 0) is 49.7 Å². The quantitative estimate of drug-likeness (QED) is 0.471. The Bertz CT molecular complexity index is 581. The van der Waals surface area contributed by atoms with Gasteiger partial charge in [-0.2, -0.15) is 0 Å². The van der Waals surface area contributed by atoms with Crippen LogP contribution < -0.4 is 10.1 Å². The van der Waals surface area contributed by atoms with Crippen molar-refractivity contribution in [3.8, 4) is 5.75 Å². The lowest BCUT2D eigenvalue weighted by Crippen LogP contribution is -2.48. The van der Waals surface area contributed by atoms with Crippen LogP contribution in [0.5, 0.6) is 5.75 Å². The maximum absolute atomic E-state index is 12.5. The predicted molar refractivity (Wildman–Crippen MR) is 113 cm³/mol. The summed E-state index contributed by atoms with van der Waals surface area (Å²) >= 11 is 0. The zero-order valence-electron chi connectivity index (χ0n) is 18.2. The van der Waals surface area contributed by atoms with Gasteiger partial charge in [0.2, 0.25) is 0 Å². The van der Waals surface area contributed by atoms with Gasteiger partial charge in [-0.15, -0.1) is 0 Å². The van der Waals surface area contributed by atoms with E-state index in [2.05, 4.69) is 39.2 Å². The Morgan fingerprint density at radius 3 is 2.26 bits per heavy atom. The Kier molecular flexibility index (Phi) is 8.98. The van der Waals surface area contributed by atoms with E-state index in [1.54, 1.807) is 7.11 Å². The molecule has 27 heavy (non-hydrogen) atoms. The van der Waals surface area contributed by atoms with Gasteiger partial charge in [-0.3, -0.25) is 4.79 Å². The summed E-state index contributed by atoms with van der Waals surface area (Å²) in [4.78, 5) is 12.5. The van der Waals surface area contributed by atoms with Crippen molar-refractivity contribution >= 4 is 14.3 Å². The lowest BCUT2D eigenvalue weighted by molar-refractivity contribution is -0.151. The number of benzene rings is 1. The maximum atomic E-state index is 12.5. The van der Waals surface area contributed by atoms with Gasteiger partial charge in [0, 0.05) is 13.1 Å². The second-order valence-electron chi connectivity index (χ2n) is 8.42. The van der Waals surface area contributed by atoms with Gasteiger partial charge in [-0.25, -0.2) is 0 Å². The Balaban J connectivity index is 2.74. The average molecular weight is 396 g/mol. The minimum atomic E-state index is -1.96. The first kappa shape index (κ1) is 23.7. The van der Waals surface area contributed by atoms with Crippen molar-refractivity contribution < 1.29 is 18.7 Å².